The van der Waals surface area contributed by atoms with Gasteiger partial charge in [-0.15, -0.1) is 11.8 Å². The molecule has 0 aliphatic carbocycles. The summed E-state index contributed by atoms with van der Waals surface area (Å²) in [6.45, 7) is 2.61. The van der Waals surface area contributed by atoms with E-state index < -0.39 is 10.1 Å². The molecule has 3 rings (SSSR count). The fraction of sp³-hybridized carbons (Fsp3) is 0.367. The fourth-order valence-corrected chi connectivity index (χ4v) is 6.57. The van der Waals surface area contributed by atoms with E-state index in [0.29, 0.717) is 18.8 Å². The standard InChI is InChI=1S/C30H36O6S3/c1-3-4-20-38-30(32)29(37-21-18-24-9-11-26(31)12-10-24)22-25-7-5-23(6-8-25)17-19-35-27-13-15-28(16-14-27)36-39(2,33)34/h5-16,29,31H,3-4,17-22H2,1-2H3. The third kappa shape index (κ3) is 12.0. The molecule has 0 heterocycles. The summed E-state index contributed by atoms with van der Waals surface area (Å²) in [5.41, 5.74) is 3.42. The van der Waals surface area contributed by atoms with E-state index in [1.807, 2.05) is 12.1 Å². The number of carbonyl (C=O) groups excluding carboxylic acids is 1. The van der Waals surface area contributed by atoms with Gasteiger partial charge in [0.1, 0.15) is 17.2 Å². The zero-order chi connectivity index (χ0) is 28.1. The lowest BCUT2D eigenvalue weighted by atomic mass is 10.1. The normalized spacial score (nSPS) is 12.2. The van der Waals surface area contributed by atoms with E-state index in [2.05, 4.69) is 31.2 Å². The Morgan fingerprint density at radius 1 is 0.846 bits per heavy atom. The van der Waals surface area contributed by atoms with Crippen molar-refractivity contribution >= 4 is 38.8 Å². The van der Waals surface area contributed by atoms with Crippen molar-refractivity contribution in [2.75, 3.05) is 24.4 Å². The van der Waals surface area contributed by atoms with Gasteiger partial charge in [0, 0.05) is 12.2 Å². The van der Waals surface area contributed by atoms with E-state index in [9.17, 15) is 18.3 Å². The Balaban J connectivity index is 1.50. The predicted molar refractivity (Wildman–Crippen MR) is 162 cm³/mol. The van der Waals surface area contributed by atoms with Gasteiger partial charge in [0.2, 0.25) is 5.12 Å². The molecular formula is C30H36O6S3. The molecule has 1 N–H and O–H groups in total. The average molecular weight is 589 g/mol. The Bertz CT molecular complexity index is 1260. The first kappa shape index (κ1) is 30.9. The van der Waals surface area contributed by atoms with Gasteiger partial charge in [0.25, 0.3) is 0 Å². The van der Waals surface area contributed by atoms with Crippen LogP contribution in [0.1, 0.15) is 36.5 Å². The summed E-state index contributed by atoms with van der Waals surface area (Å²) in [6.07, 6.45) is 5.38. The number of phenols is 1. The molecule has 0 spiro atoms. The van der Waals surface area contributed by atoms with Crippen LogP contribution in [0.4, 0.5) is 0 Å². The summed E-state index contributed by atoms with van der Waals surface area (Å²) in [5.74, 6) is 2.85. The highest BCUT2D eigenvalue weighted by Gasteiger charge is 2.20. The number of rotatable bonds is 16. The second-order valence-corrected chi connectivity index (χ2v) is 13.2. The van der Waals surface area contributed by atoms with Crippen LogP contribution in [0.15, 0.2) is 72.8 Å². The molecule has 9 heteroatoms. The van der Waals surface area contributed by atoms with Crippen LogP contribution >= 0.6 is 23.5 Å². The number of aromatic hydroxyl groups is 1. The van der Waals surface area contributed by atoms with Crippen LogP contribution in [-0.2, 0) is 34.2 Å². The maximum atomic E-state index is 13.0. The van der Waals surface area contributed by atoms with Crippen LogP contribution in [0.5, 0.6) is 17.2 Å². The second kappa shape index (κ2) is 15.8. The number of thioether (sulfide) groups is 2. The highest BCUT2D eigenvalue weighted by molar-refractivity contribution is 8.16. The Labute approximate surface area is 240 Å². The Morgan fingerprint density at radius 3 is 2.08 bits per heavy atom. The van der Waals surface area contributed by atoms with Crippen LogP contribution in [0.3, 0.4) is 0 Å². The fourth-order valence-electron chi connectivity index (χ4n) is 3.71. The monoisotopic (exact) mass is 588 g/mol. The lowest BCUT2D eigenvalue weighted by molar-refractivity contribution is -0.110. The third-order valence-electron chi connectivity index (χ3n) is 5.83. The molecule has 1 unspecified atom stereocenters. The topological polar surface area (TPSA) is 89.9 Å². The van der Waals surface area contributed by atoms with Crippen LogP contribution in [0.25, 0.3) is 0 Å². The van der Waals surface area contributed by atoms with Gasteiger partial charge >= 0.3 is 10.1 Å². The number of ether oxygens (including phenoxy) is 1. The smallest absolute Gasteiger partial charge is 0.306 e. The van der Waals surface area contributed by atoms with Gasteiger partial charge in [-0.3, -0.25) is 4.79 Å². The van der Waals surface area contributed by atoms with Crippen molar-refractivity contribution < 1.29 is 27.2 Å². The summed E-state index contributed by atoms with van der Waals surface area (Å²) in [4.78, 5) is 13.0. The molecule has 6 nitrogen and oxygen atoms in total. The van der Waals surface area contributed by atoms with E-state index in [1.165, 1.54) is 11.8 Å². The Morgan fingerprint density at radius 2 is 1.44 bits per heavy atom. The number of benzene rings is 3. The maximum absolute atomic E-state index is 13.0. The van der Waals surface area contributed by atoms with Gasteiger partial charge in [-0.25, -0.2) is 0 Å². The van der Waals surface area contributed by atoms with Crippen LogP contribution in [0.2, 0.25) is 0 Å². The Hall–Kier alpha value is -2.62. The number of unbranched alkanes of at least 4 members (excludes halogenated alkanes) is 1. The number of aryl methyl sites for hydroxylation is 1. The van der Waals surface area contributed by atoms with E-state index in [-0.39, 0.29) is 21.9 Å². The molecular weight excluding hydrogens is 553 g/mol. The van der Waals surface area contributed by atoms with Crippen molar-refractivity contribution in [1.29, 1.82) is 0 Å². The molecule has 0 aliphatic rings. The Kier molecular flexibility index (Phi) is 12.6. The molecule has 3 aromatic rings. The molecule has 39 heavy (non-hydrogen) atoms. The minimum absolute atomic E-state index is 0.104. The van der Waals surface area contributed by atoms with Crippen LogP contribution in [0, 0.1) is 0 Å². The van der Waals surface area contributed by atoms with Crippen molar-refractivity contribution in [3.63, 3.8) is 0 Å². The molecule has 210 valence electrons. The molecule has 0 aliphatic heterocycles. The highest BCUT2D eigenvalue weighted by atomic mass is 32.2. The molecule has 0 saturated heterocycles. The molecule has 0 bridgehead atoms. The van der Waals surface area contributed by atoms with Crippen molar-refractivity contribution in [1.82, 2.24) is 0 Å². The second-order valence-electron chi connectivity index (χ2n) is 9.17. The first-order valence-corrected chi connectivity index (χ1v) is 16.8. The van der Waals surface area contributed by atoms with Gasteiger partial charge in [-0.1, -0.05) is 61.5 Å². The number of carbonyl (C=O) groups is 1. The van der Waals surface area contributed by atoms with Gasteiger partial charge in [-0.2, -0.15) is 8.42 Å². The zero-order valence-corrected chi connectivity index (χ0v) is 24.8. The van der Waals surface area contributed by atoms with Gasteiger partial charge in [-0.05, 0) is 78.1 Å². The van der Waals surface area contributed by atoms with E-state index in [4.69, 9.17) is 8.92 Å². The molecule has 0 radical (unpaired) electrons. The number of hydrogen-bond acceptors (Lipinski definition) is 8. The predicted octanol–water partition coefficient (Wildman–Crippen LogP) is 6.30. The number of phenolic OH excluding ortho intramolecular Hbond substituents is 1. The summed E-state index contributed by atoms with van der Waals surface area (Å²) < 4.78 is 33.1. The van der Waals surface area contributed by atoms with Gasteiger partial charge in [0.05, 0.1) is 18.1 Å². The summed E-state index contributed by atoms with van der Waals surface area (Å²) >= 11 is 3.15. The molecule has 0 aromatic heterocycles. The van der Waals surface area contributed by atoms with Crippen molar-refractivity contribution in [2.24, 2.45) is 0 Å². The minimum atomic E-state index is -3.55. The van der Waals surface area contributed by atoms with Gasteiger partial charge < -0.3 is 14.0 Å². The van der Waals surface area contributed by atoms with Crippen LogP contribution < -0.4 is 8.92 Å². The third-order valence-corrected chi connectivity index (χ3v) is 8.76. The first-order valence-electron chi connectivity index (χ1n) is 13.0. The molecule has 3 aromatic carbocycles. The van der Waals surface area contributed by atoms with E-state index in [0.717, 1.165) is 60.1 Å². The van der Waals surface area contributed by atoms with E-state index in [1.54, 1.807) is 48.2 Å². The zero-order valence-electron chi connectivity index (χ0n) is 22.4. The molecule has 0 saturated carbocycles. The SMILES string of the molecule is CCCCSC(=O)C(Cc1ccc(CCOc2ccc(OS(C)(=O)=O)cc2)cc1)SCCc1ccc(O)cc1. The van der Waals surface area contributed by atoms with Crippen molar-refractivity contribution in [3.8, 4) is 17.2 Å². The van der Waals surface area contributed by atoms with E-state index >= 15 is 0 Å². The van der Waals surface area contributed by atoms with Crippen LogP contribution in [-0.4, -0.2) is 48.3 Å². The minimum Gasteiger partial charge on any atom is -0.508 e. The summed E-state index contributed by atoms with van der Waals surface area (Å²) in [5, 5.41) is 9.63. The number of hydrogen-bond donors (Lipinski definition) is 1. The summed E-state index contributed by atoms with van der Waals surface area (Å²) in [6, 6.07) is 22.1. The lowest BCUT2D eigenvalue weighted by Crippen LogP contribution is -2.18. The first-order chi connectivity index (χ1) is 18.7. The molecule has 0 amide bonds. The summed E-state index contributed by atoms with van der Waals surface area (Å²) in [7, 11) is -3.55. The quantitative estimate of drug-likeness (QED) is 0.154. The average Bonchev–Trinajstić information content (AvgIpc) is 2.90. The molecule has 1 atom stereocenters. The van der Waals surface area contributed by atoms with Crippen molar-refractivity contribution in [2.45, 2.75) is 44.3 Å². The molecule has 0 fully saturated rings. The van der Waals surface area contributed by atoms with Crippen molar-refractivity contribution in [3.05, 3.63) is 89.5 Å². The van der Waals surface area contributed by atoms with Gasteiger partial charge in [0.15, 0.2) is 0 Å². The highest BCUT2D eigenvalue weighted by Crippen LogP contribution is 2.25. The maximum Gasteiger partial charge on any atom is 0.306 e. The largest absolute Gasteiger partial charge is 0.508 e. The lowest BCUT2D eigenvalue weighted by Gasteiger charge is -2.16.